The van der Waals surface area contributed by atoms with Gasteiger partial charge in [-0.1, -0.05) is 48.6 Å². The van der Waals surface area contributed by atoms with Crippen LogP contribution in [0.4, 0.5) is 0 Å². The summed E-state index contributed by atoms with van der Waals surface area (Å²) in [6.07, 6.45) is 4.59. The molecule has 3 aliphatic rings. The number of para-hydroxylation sites is 2. The SMILES string of the molecule is COc1cc(-c2nc(Oc3ccccc3)nc(Oc3ccccc3)n2)c2c3c1OC1CC(O)C=CC31CCNC2. The minimum Gasteiger partial charge on any atom is -0.493 e. The summed E-state index contributed by atoms with van der Waals surface area (Å²) in [6, 6.07) is 20.8. The summed E-state index contributed by atoms with van der Waals surface area (Å²) in [5.74, 6) is 2.88. The lowest BCUT2D eigenvalue weighted by atomic mass is 9.68. The van der Waals surface area contributed by atoms with Crippen molar-refractivity contribution in [2.45, 2.75) is 37.0 Å². The summed E-state index contributed by atoms with van der Waals surface area (Å²) in [6.45, 7) is 1.38. The molecule has 2 aliphatic heterocycles. The molecule has 0 saturated carbocycles. The van der Waals surface area contributed by atoms with E-state index in [-0.39, 0.29) is 18.1 Å². The van der Waals surface area contributed by atoms with Crippen molar-refractivity contribution >= 4 is 0 Å². The maximum atomic E-state index is 10.4. The number of hydrogen-bond acceptors (Lipinski definition) is 9. The summed E-state index contributed by atoms with van der Waals surface area (Å²) in [5.41, 5.74) is 2.44. The molecule has 0 fully saturated rings. The van der Waals surface area contributed by atoms with Gasteiger partial charge in [0.05, 0.1) is 18.6 Å². The predicted octanol–water partition coefficient (Wildman–Crippen LogP) is 4.94. The number of aliphatic hydroxyl groups excluding tert-OH is 1. The fourth-order valence-corrected chi connectivity index (χ4v) is 5.88. The third kappa shape index (κ3) is 4.24. The summed E-state index contributed by atoms with van der Waals surface area (Å²) < 4.78 is 24.4. The fraction of sp³-hybridized carbons (Fsp3) is 0.258. The van der Waals surface area contributed by atoms with E-state index in [1.165, 1.54) is 0 Å². The van der Waals surface area contributed by atoms with Crippen LogP contribution in [0, 0.1) is 0 Å². The van der Waals surface area contributed by atoms with Gasteiger partial charge in [-0.3, -0.25) is 0 Å². The Balaban J connectivity index is 1.41. The van der Waals surface area contributed by atoms with Crippen LogP contribution in [0.2, 0.25) is 0 Å². The number of methoxy groups -OCH3 is 1. The average molecular weight is 537 g/mol. The van der Waals surface area contributed by atoms with Crippen molar-refractivity contribution < 1.29 is 24.1 Å². The molecule has 1 aromatic heterocycles. The first-order valence-corrected chi connectivity index (χ1v) is 13.3. The van der Waals surface area contributed by atoms with Gasteiger partial charge in [0.1, 0.15) is 17.6 Å². The molecule has 3 atom stereocenters. The van der Waals surface area contributed by atoms with Gasteiger partial charge in [-0.2, -0.15) is 9.97 Å². The first kappa shape index (κ1) is 24.6. The molecule has 4 aromatic rings. The second-order valence-electron chi connectivity index (χ2n) is 10.1. The Morgan fingerprint density at radius 3 is 2.27 bits per heavy atom. The van der Waals surface area contributed by atoms with Crippen molar-refractivity contribution in [3.05, 3.63) is 90.0 Å². The quantitative estimate of drug-likeness (QED) is 0.331. The highest BCUT2D eigenvalue weighted by molar-refractivity contribution is 5.74. The van der Waals surface area contributed by atoms with E-state index in [0.29, 0.717) is 41.8 Å². The smallest absolute Gasteiger partial charge is 0.328 e. The average Bonchev–Trinajstić information content (AvgIpc) is 3.17. The Labute approximate surface area is 231 Å². The molecule has 1 spiro atoms. The number of aliphatic hydroxyl groups is 1. The molecule has 3 unspecified atom stereocenters. The van der Waals surface area contributed by atoms with Crippen molar-refractivity contribution in [1.29, 1.82) is 0 Å². The van der Waals surface area contributed by atoms with E-state index in [0.717, 1.165) is 29.7 Å². The second-order valence-corrected chi connectivity index (χ2v) is 10.1. The van der Waals surface area contributed by atoms with Gasteiger partial charge in [0.15, 0.2) is 17.3 Å². The zero-order valence-corrected chi connectivity index (χ0v) is 21.9. The van der Waals surface area contributed by atoms with Crippen LogP contribution >= 0.6 is 0 Å². The monoisotopic (exact) mass is 536 g/mol. The Morgan fingerprint density at radius 1 is 0.950 bits per heavy atom. The fourth-order valence-electron chi connectivity index (χ4n) is 5.88. The van der Waals surface area contributed by atoms with E-state index < -0.39 is 11.5 Å². The third-order valence-electron chi connectivity index (χ3n) is 7.70. The highest BCUT2D eigenvalue weighted by Crippen LogP contribution is 2.57. The third-order valence-corrected chi connectivity index (χ3v) is 7.70. The van der Waals surface area contributed by atoms with E-state index in [1.54, 1.807) is 7.11 Å². The lowest BCUT2D eigenvalue weighted by molar-refractivity contribution is 0.0851. The number of rotatable bonds is 6. The minimum atomic E-state index is -0.547. The summed E-state index contributed by atoms with van der Waals surface area (Å²) >= 11 is 0. The molecule has 0 amide bonds. The van der Waals surface area contributed by atoms with Crippen molar-refractivity contribution in [2.75, 3.05) is 13.7 Å². The zero-order valence-electron chi connectivity index (χ0n) is 21.9. The molecule has 40 heavy (non-hydrogen) atoms. The van der Waals surface area contributed by atoms with Gasteiger partial charge in [-0.15, -0.1) is 4.98 Å². The first-order valence-electron chi connectivity index (χ1n) is 13.3. The predicted molar refractivity (Wildman–Crippen MR) is 147 cm³/mol. The molecule has 0 saturated heterocycles. The molecule has 202 valence electrons. The van der Waals surface area contributed by atoms with Crippen LogP contribution in [0.25, 0.3) is 11.4 Å². The van der Waals surface area contributed by atoms with Gasteiger partial charge < -0.3 is 29.4 Å². The lowest BCUT2D eigenvalue weighted by Crippen LogP contribution is -2.42. The normalized spacial score (nSPS) is 22.4. The molecular weight excluding hydrogens is 508 g/mol. The molecule has 2 N–H and O–H groups in total. The highest BCUT2D eigenvalue weighted by atomic mass is 16.5. The Bertz CT molecular complexity index is 1520. The van der Waals surface area contributed by atoms with Crippen LogP contribution in [0.5, 0.6) is 35.0 Å². The highest BCUT2D eigenvalue weighted by Gasteiger charge is 2.53. The van der Waals surface area contributed by atoms with Crippen molar-refractivity contribution in [3.8, 4) is 46.4 Å². The van der Waals surface area contributed by atoms with Gasteiger partial charge in [-0.05, 0) is 48.9 Å². The van der Waals surface area contributed by atoms with Crippen LogP contribution < -0.4 is 24.3 Å². The Hall–Kier alpha value is -4.47. The summed E-state index contributed by atoms with van der Waals surface area (Å²) in [7, 11) is 1.63. The maximum absolute atomic E-state index is 10.4. The van der Waals surface area contributed by atoms with Crippen LogP contribution in [0.1, 0.15) is 24.0 Å². The molecule has 0 bridgehead atoms. The van der Waals surface area contributed by atoms with E-state index in [4.69, 9.17) is 28.9 Å². The minimum absolute atomic E-state index is 0.111. The van der Waals surface area contributed by atoms with Crippen LogP contribution in [-0.2, 0) is 12.0 Å². The Morgan fingerprint density at radius 2 is 1.62 bits per heavy atom. The van der Waals surface area contributed by atoms with E-state index >= 15 is 0 Å². The van der Waals surface area contributed by atoms with Crippen molar-refractivity contribution in [2.24, 2.45) is 0 Å². The lowest BCUT2D eigenvalue weighted by Gasteiger charge is -2.35. The standard InChI is InChI=1S/C31H28N4O5/c1-37-24-17-22(23-18-32-15-14-31-13-12-19(36)16-25(31)40-27(24)26(23)31)28-33-29(38-20-8-4-2-5-9-20)35-30(34-28)39-21-10-6-3-7-11-21/h2-13,17,19,25,32,36H,14-16,18H2,1H3. The number of benzene rings is 3. The molecule has 3 heterocycles. The topological polar surface area (TPSA) is 108 Å². The van der Waals surface area contributed by atoms with Gasteiger partial charge in [0, 0.05) is 24.1 Å². The summed E-state index contributed by atoms with van der Waals surface area (Å²) in [5, 5.41) is 14.0. The number of hydrogen-bond donors (Lipinski definition) is 2. The number of ether oxygens (including phenoxy) is 4. The molecular formula is C31H28N4O5. The molecule has 7 rings (SSSR count). The number of nitrogens with one attached hydrogen (secondary N) is 1. The van der Waals surface area contributed by atoms with Gasteiger partial charge in [0.2, 0.25) is 0 Å². The number of aromatic nitrogens is 3. The van der Waals surface area contributed by atoms with Crippen molar-refractivity contribution in [1.82, 2.24) is 20.3 Å². The van der Waals surface area contributed by atoms with Gasteiger partial charge >= 0.3 is 12.0 Å². The summed E-state index contributed by atoms with van der Waals surface area (Å²) in [4.78, 5) is 13.9. The molecule has 9 nitrogen and oxygen atoms in total. The first-order chi connectivity index (χ1) is 19.6. The van der Waals surface area contributed by atoms with E-state index in [2.05, 4.69) is 16.4 Å². The largest absolute Gasteiger partial charge is 0.493 e. The van der Waals surface area contributed by atoms with Crippen molar-refractivity contribution in [3.63, 3.8) is 0 Å². The molecule has 9 heteroatoms. The molecule has 3 aromatic carbocycles. The van der Waals surface area contributed by atoms with E-state index in [9.17, 15) is 5.11 Å². The van der Waals surface area contributed by atoms with E-state index in [1.807, 2.05) is 72.8 Å². The molecule has 1 aliphatic carbocycles. The van der Waals surface area contributed by atoms with Gasteiger partial charge in [0.25, 0.3) is 0 Å². The maximum Gasteiger partial charge on any atom is 0.328 e. The van der Waals surface area contributed by atoms with Crippen LogP contribution in [0.15, 0.2) is 78.9 Å². The van der Waals surface area contributed by atoms with Gasteiger partial charge in [-0.25, -0.2) is 0 Å². The van der Waals surface area contributed by atoms with Crippen LogP contribution in [0.3, 0.4) is 0 Å². The van der Waals surface area contributed by atoms with Crippen LogP contribution in [-0.4, -0.2) is 45.9 Å². The Kier molecular flexibility index (Phi) is 6.10. The molecule has 0 radical (unpaired) electrons. The zero-order chi connectivity index (χ0) is 27.1. The number of nitrogens with zero attached hydrogens (tertiary/aromatic N) is 3. The second kappa shape index (κ2) is 9.93.